The summed E-state index contributed by atoms with van der Waals surface area (Å²) in [4.78, 5) is 2.40. The van der Waals surface area contributed by atoms with Crippen LogP contribution in [0.4, 0.5) is 0 Å². The molecular formula is C25H23NO. The van der Waals surface area contributed by atoms with Crippen LogP contribution < -0.4 is 4.74 Å². The van der Waals surface area contributed by atoms with Gasteiger partial charge < -0.3 is 4.74 Å². The lowest BCUT2D eigenvalue weighted by Crippen LogP contribution is -2.25. The second kappa shape index (κ2) is 8.07. The summed E-state index contributed by atoms with van der Waals surface area (Å²) < 4.78 is 6.20. The van der Waals surface area contributed by atoms with Gasteiger partial charge in [-0.2, -0.15) is 0 Å². The SMILES string of the molecule is C=CCN(CC1=Cc2ccccc2Oc2ccccc21)Cc1ccccc1. The molecule has 2 nitrogen and oxygen atoms in total. The van der Waals surface area contributed by atoms with Crippen molar-refractivity contribution in [3.05, 3.63) is 108 Å². The van der Waals surface area contributed by atoms with E-state index in [9.17, 15) is 0 Å². The zero-order valence-corrected chi connectivity index (χ0v) is 15.3. The maximum absolute atomic E-state index is 6.20. The minimum absolute atomic E-state index is 0.829. The molecule has 0 aromatic heterocycles. The molecule has 0 fully saturated rings. The van der Waals surface area contributed by atoms with E-state index in [0.29, 0.717) is 0 Å². The topological polar surface area (TPSA) is 12.5 Å². The van der Waals surface area contributed by atoms with E-state index < -0.39 is 0 Å². The van der Waals surface area contributed by atoms with E-state index in [1.807, 2.05) is 30.3 Å². The van der Waals surface area contributed by atoms with Crippen LogP contribution in [0.3, 0.4) is 0 Å². The Morgan fingerprint density at radius 3 is 2.30 bits per heavy atom. The number of rotatable bonds is 6. The van der Waals surface area contributed by atoms with Gasteiger partial charge in [0.25, 0.3) is 0 Å². The van der Waals surface area contributed by atoms with Gasteiger partial charge in [0.2, 0.25) is 0 Å². The van der Waals surface area contributed by atoms with Gasteiger partial charge in [-0.25, -0.2) is 0 Å². The fourth-order valence-electron chi connectivity index (χ4n) is 3.48. The highest BCUT2D eigenvalue weighted by Crippen LogP contribution is 2.38. The Morgan fingerprint density at radius 1 is 0.778 bits per heavy atom. The Hall–Kier alpha value is -3.10. The zero-order chi connectivity index (χ0) is 18.5. The lowest BCUT2D eigenvalue weighted by Gasteiger charge is -2.23. The number of hydrogen-bond donors (Lipinski definition) is 0. The van der Waals surface area contributed by atoms with Gasteiger partial charge in [-0.3, -0.25) is 4.90 Å². The quantitative estimate of drug-likeness (QED) is 0.502. The summed E-state index contributed by atoms with van der Waals surface area (Å²) in [6.07, 6.45) is 4.22. The molecule has 0 atom stereocenters. The van der Waals surface area contributed by atoms with Crippen LogP contribution in [-0.4, -0.2) is 18.0 Å². The zero-order valence-electron chi connectivity index (χ0n) is 15.3. The second-order valence-corrected chi connectivity index (χ2v) is 6.75. The van der Waals surface area contributed by atoms with Crippen molar-refractivity contribution in [3.8, 4) is 11.5 Å². The van der Waals surface area contributed by atoms with Gasteiger partial charge >= 0.3 is 0 Å². The minimum atomic E-state index is 0.829. The van der Waals surface area contributed by atoms with Crippen molar-refractivity contribution in [1.29, 1.82) is 0 Å². The molecule has 3 aromatic carbocycles. The van der Waals surface area contributed by atoms with Crippen LogP contribution in [0.1, 0.15) is 16.7 Å². The highest BCUT2D eigenvalue weighted by molar-refractivity contribution is 5.88. The largest absolute Gasteiger partial charge is 0.456 e. The van der Waals surface area contributed by atoms with E-state index in [1.165, 1.54) is 11.1 Å². The fourth-order valence-corrected chi connectivity index (χ4v) is 3.48. The summed E-state index contributed by atoms with van der Waals surface area (Å²) in [5.41, 5.74) is 4.82. The molecule has 0 spiro atoms. The summed E-state index contributed by atoms with van der Waals surface area (Å²) in [6.45, 7) is 6.49. The first-order chi connectivity index (χ1) is 13.3. The van der Waals surface area contributed by atoms with Gasteiger partial charge in [0, 0.05) is 30.8 Å². The molecule has 0 bridgehead atoms. The third kappa shape index (κ3) is 4.02. The number of benzene rings is 3. The van der Waals surface area contributed by atoms with Crippen LogP contribution in [0.2, 0.25) is 0 Å². The summed E-state index contributed by atoms with van der Waals surface area (Å²) in [7, 11) is 0. The summed E-state index contributed by atoms with van der Waals surface area (Å²) in [5.74, 6) is 1.81. The molecule has 1 heterocycles. The smallest absolute Gasteiger partial charge is 0.135 e. The molecule has 4 rings (SSSR count). The molecule has 0 saturated carbocycles. The third-order valence-corrected chi connectivity index (χ3v) is 4.73. The first-order valence-corrected chi connectivity index (χ1v) is 9.27. The van der Waals surface area contributed by atoms with Crippen LogP contribution in [0, 0.1) is 0 Å². The highest BCUT2D eigenvalue weighted by Gasteiger charge is 2.18. The average Bonchev–Trinajstić information content (AvgIpc) is 2.85. The van der Waals surface area contributed by atoms with Gasteiger partial charge in [-0.1, -0.05) is 72.8 Å². The van der Waals surface area contributed by atoms with Crippen molar-refractivity contribution in [2.24, 2.45) is 0 Å². The third-order valence-electron chi connectivity index (χ3n) is 4.73. The first kappa shape index (κ1) is 17.3. The molecule has 1 aliphatic rings. The van der Waals surface area contributed by atoms with Crippen LogP contribution >= 0.6 is 0 Å². The van der Waals surface area contributed by atoms with Crippen molar-refractivity contribution in [1.82, 2.24) is 4.90 Å². The van der Waals surface area contributed by atoms with Crippen LogP contribution in [0.15, 0.2) is 91.5 Å². The Kier molecular flexibility index (Phi) is 5.17. The maximum Gasteiger partial charge on any atom is 0.135 e. The Labute approximate surface area is 161 Å². The van der Waals surface area contributed by atoms with E-state index >= 15 is 0 Å². The molecule has 0 radical (unpaired) electrons. The molecule has 3 aromatic rings. The van der Waals surface area contributed by atoms with Crippen molar-refractivity contribution in [3.63, 3.8) is 0 Å². The van der Waals surface area contributed by atoms with Crippen molar-refractivity contribution in [2.75, 3.05) is 13.1 Å². The van der Waals surface area contributed by atoms with E-state index in [1.54, 1.807) is 0 Å². The first-order valence-electron chi connectivity index (χ1n) is 9.27. The molecule has 134 valence electrons. The van der Waals surface area contributed by atoms with Crippen LogP contribution in [0.5, 0.6) is 11.5 Å². The van der Waals surface area contributed by atoms with Crippen molar-refractivity contribution >= 4 is 11.6 Å². The predicted molar refractivity (Wildman–Crippen MR) is 113 cm³/mol. The number of fused-ring (bicyclic) bond motifs is 2. The predicted octanol–water partition coefficient (Wildman–Crippen LogP) is 6.02. The maximum atomic E-state index is 6.20. The van der Waals surface area contributed by atoms with Gasteiger partial charge in [0.1, 0.15) is 11.5 Å². The lowest BCUT2D eigenvalue weighted by atomic mass is 10.0. The fraction of sp³-hybridized carbons (Fsp3) is 0.120. The molecule has 1 aliphatic heterocycles. The van der Waals surface area contributed by atoms with Crippen molar-refractivity contribution < 1.29 is 4.74 Å². The van der Waals surface area contributed by atoms with Gasteiger partial charge in [0.15, 0.2) is 0 Å². The number of para-hydroxylation sites is 2. The van der Waals surface area contributed by atoms with E-state index in [-0.39, 0.29) is 0 Å². The van der Waals surface area contributed by atoms with Crippen LogP contribution in [-0.2, 0) is 6.54 Å². The molecule has 0 N–H and O–H groups in total. The van der Waals surface area contributed by atoms with Gasteiger partial charge in [0.05, 0.1) is 0 Å². The molecule has 27 heavy (non-hydrogen) atoms. The summed E-state index contributed by atoms with van der Waals surface area (Å²) in [6, 6.07) is 27.1. The number of nitrogens with zero attached hydrogens (tertiary/aromatic N) is 1. The summed E-state index contributed by atoms with van der Waals surface area (Å²) >= 11 is 0. The Bertz CT molecular complexity index is 959. The van der Waals surface area contributed by atoms with Crippen LogP contribution in [0.25, 0.3) is 11.6 Å². The van der Waals surface area contributed by atoms with Gasteiger partial charge in [-0.05, 0) is 29.3 Å². The van der Waals surface area contributed by atoms with E-state index in [2.05, 4.69) is 72.2 Å². The number of hydrogen-bond acceptors (Lipinski definition) is 2. The monoisotopic (exact) mass is 353 g/mol. The molecule has 0 saturated heterocycles. The molecule has 0 amide bonds. The highest BCUT2D eigenvalue weighted by atomic mass is 16.5. The molecule has 0 aliphatic carbocycles. The normalized spacial score (nSPS) is 12.4. The lowest BCUT2D eigenvalue weighted by molar-refractivity contribution is 0.332. The van der Waals surface area contributed by atoms with Crippen molar-refractivity contribution in [2.45, 2.75) is 6.54 Å². The molecule has 0 unspecified atom stereocenters. The average molecular weight is 353 g/mol. The van der Waals surface area contributed by atoms with E-state index in [0.717, 1.165) is 42.3 Å². The molecular weight excluding hydrogens is 330 g/mol. The Morgan fingerprint density at radius 2 is 1.48 bits per heavy atom. The standard InChI is InChI=1S/C25H23NO/c1-2-16-26(18-20-10-4-3-5-11-20)19-22-17-21-12-6-8-14-24(21)27-25-15-9-7-13-23(22)25/h2-15,17H,1,16,18-19H2. The summed E-state index contributed by atoms with van der Waals surface area (Å²) in [5, 5.41) is 0. The van der Waals surface area contributed by atoms with Gasteiger partial charge in [-0.15, -0.1) is 6.58 Å². The minimum Gasteiger partial charge on any atom is -0.456 e. The second-order valence-electron chi connectivity index (χ2n) is 6.75. The molecule has 2 heteroatoms. The van der Waals surface area contributed by atoms with E-state index in [4.69, 9.17) is 4.74 Å². The number of ether oxygens (including phenoxy) is 1. The Balaban J connectivity index is 1.69.